The van der Waals surface area contributed by atoms with Crippen molar-refractivity contribution in [1.29, 1.82) is 0 Å². The second kappa shape index (κ2) is 7.95. The van der Waals surface area contributed by atoms with E-state index in [0.29, 0.717) is 23.4 Å². The summed E-state index contributed by atoms with van der Waals surface area (Å²) in [5.41, 5.74) is 4.00. The van der Waals surface area contributed by atoms with Crippen LogP contribution in [0.2, 0.25) is 0 Å². The number of aliphatic hydroxyl groups excluding tert-OH is 1. The van der Waals surface area contributed by atoms with Crippen molar-refractivity contribution in [3.63, 3.8) is 0 Å². The maximum atomic E-state index is 13.5. The zero-order valence-corrected chi connectivity index (χ0v) is 19.3. The molecule has 1 spiro atoms. The van der Waals surface area contributed by atoms with Crippen LogP contribution < -0.4 is 0 Å². The standard InChI is InChI=1S/C25H30N2O6/c1-14-10-25(24(31)27(14)20-13-33-22(29)16(20)3)6-8-26(9-7-25)11-21(28)17-4-5-18-19(15(17)2)12-32-23(18)30/h4-5,14,21,28H,6-13H2,1-3H3/t14-,21+/m0/s1. The summed E-state index contributed by atoms with van der Waals surface area (Å²) >= 11 is 0. The van der Waals surface area contributed by atoms with Crippen molar-refractivity contribution in [3.8, 4) is 0 Å². The Labute approximate surface area is 193 Å². The van der Waals surface area contributed by atoms with E-state index in [9.17, 15) is 19.5 Å². The maximum absolute atomic E-state index is 13.5. The first-order valence-electron chi connectivity index (χ1n) is 11.6. The third kappa shape index (κ3) is 3.47. The number of carbonyl (C=O) groups excluding carboxylic acids is 3. The van der Waals surface area contributed by atoms with Crippen LogP contribution in [0.15, 0.2) is 23.4 Å². The second-order valence-electron chi connectivity index (χ2n) is 9.85. The number of hydrogen-bond acceptors (Lipinski definition) is 7. The minimum absolute atomic E-state index is 0.0353. The number of nitrogens with zero attached hydrogens (tertiary/aromatic N) is 2. The third-order valence-corrected chi connectivity index (χ3v) is 7.98. The van der Waals surface area contributed by atoms with Gasteiger partial charge in [-0.1, -0.05) is 6.07 Å². The molecule has 2 saturated heterocycles. The molecule has 0 saturated carbocycles. The van der Waals surface area contributed by atoms with Crippen LogP contribution in [-0.4, -0.2) is 65.0 Å². The Kier molecular flexibility index (Phi) is 5.33. The van der Waals surface area contributed by atoms with Crippen LogP contribution in [0.25, 0.3) is 0 Å². The minimum Gasteiger partial charge on any atom is -0.457 e. The van der Waals surface area contributed by atoms with Crippen molar-refractivity contribution in [2.24, 2.45) is 5.41 Å². The van der Waals surface area contributed by atoms with Crippen molar-refractivity contribution in [2.75, 3.05) is 26.2 Å². The first kappa shape index (κ1) is 22.1. The van der Waals surface area contributed by atoms with Gasteiger partial charge in [0.1, 0.15) is 13.2 Å². The van der Waals surface area contributed by atoms with Gasteiger partial charge in [-0.2, -0.15) is 0 Å². The van der Waals surface area contributed by atoms with Crippen LogP contribution in [0.5, 0.6) is 0 Å². The SMILES string of the molecule is CC1=C(N2C(=O)C3(CCN(C[C@@H](O)c4ccc5c(c4C)COC5=O)CC3)C[C@@H]2C)COC1=O. The van der Waals surface area contributed by atoms with E-state index in [1.807, 2.05) is 19.9 Å². The summed E-state index contributed by atoms with van der Waals surface area (Å²) in [6, 6.07) is 3.59. The normalized spacial score (nSPS) is 25.6. The molecular formula is C25H30N2O6. The number of aliphatic hydroxyl groups is 1. The molecule has 2 fully saturated rings. The molecule has 33 heavy (non-hydrogen) atoms. The molecule has 0 aliphatic carbocycles. The molecule has 4 aliphatic rings. The Morgan fingerprint density at radius 1 is 1.09 bits per heavy atom. The molecule has 4 aliphatic heterocycles. The predicted molar refractivity (Wildman–Crippen MR) is 118 cm³/mol. The van der Waals surface area contributed by atoms with Gasteiger partial charge in [-0.05, 0) is 70.3 Å². The summed E-state index contributed by atoms with van der Waals surface area (Å²) in [4.78, 5) is 41.1. The number of esters is 2. The van der Waals surface area contributed by atoms with E-state index >= 15 is 0 Å². The summed E-state index contributed by atoms with van der Waals surface area (Å²) in [5, 5.41) is 10.9. The average Bonchev–Trinajstić information content (AvgIpc) is 3.40. The highest BCUT2D eigenvalue weighted by molar-refractivity contribution is 5.95. The number of cyclic esters (lactones) is 2. The van der Waals surface area contributed by atoms with Crippen LogP contribution >= 0.6 is 0 Å². The number of β-amino-alcohol motifs (C(OH)–C–C–N with tert-alkyl or cyclic N) is 1. The van der Waals surface area contributed by atoms with Crippen molar-refractivity contribution >= 4 is 17.8 Å². The van der Waals surface area contributed by atoms with Crippen molar-refractivity contribution in [1.82, 2.24) is 9.80 Å². The lowest BCUT2D eigenvalue weighted by atomic mass is 9.76. The molecule has 1 amide bonds. The van der Waals surface area contributed by atoms with Gasteiger partial charge in [0.15, 0.2) is 0 Å². The molecule has 1 aromatic rings. The van der Waals surface area contributed by atoms with Gasteiger partial charge in [0.25, 0.3) is 0 Å². The molecule has 0 radical (unpaired) electrons. The van der Waals surface area contributed by atoms with Gasteiger partial charge >= 0.3 is 11.9 Å². The molecule has 0 aromatic heterocycles. The lowest BCUT2D eigenvalue weighted by molar-refractivity contribution is -0.139. The number of amides is 1. The maximum Gasteiger partial charge on any atom is 0.338 e. The quantitative estimate of drug-likeness (QED) is 0.697. The molecule has 1 N–H and O–H groups in total. The molecule has 4 heterocycles. The van der Waals surface area contributed by atoms with Crippen LogP contribution in [-0.2, 0) is 25.7 Å². The number of ether oxygens (including phenoxy) is 2. The number of piperidine rings is 1. The van der Waals surface area contributed by atoms with E-state index in [-0.39, 0.29) is 37.1 Å². The van der Waals surface area contributed by atoms with E-state index in [2.05, 4.69) is 4.90 Å². The van der Waals surface area contributed by atoms with Crippen LogP contribution in [0.1, 0.15) is 66.3 Å². The fraction of sp³-hybridized carbons (Fsp3) is 0.560. The van der Waals surface area contributed by atoms with Crippen LogP contribution in [0.4, 0.5) is 0 Å². The number of likely N-dealkylation sites (tertiary alicyclic amines) is 2. The zero-order chi connectivity index (χ0) is 23.5. The van der Waals surface area contributed by atoms with Gasteiger partial charge in [0.05, 0.1) is 28.4 Å². The highest BCUT2D eigenvalue weighted by Gasteiger charge is 2.53. The van der Waals surface area contributed by atoms with E-state index < -0.39 is 11.5 Å². The Hall–Kier alpha value is -2.71. The number of fused-ring (bicyclic) bond motifs is 1. The molecule has 176 valence electrons. The number of benzene rings is 1. The Balaban J connectivity index is 1.25. The topological polar surface area (TPSA) is 96.4 Å². The highest BCUT2D eigenvalue weighted by atomic mass is 16.5. The van der Waals surface area contributed by atoms with E-state index in [1.54, 1.807) is 17.9 Å². The Morgan fingerprint density at radius 2 is 1.79 bits per heavy atom. The van der Waals surface area contributed by atoms with Gasteiger partial charge in [-0.3, -0.25) is 4.79 Å². The van der Waals surface area contributed by atoms with E-state index in [1.165, 1.54) is 0 Å². The molecular weight excluding hydrogens is 424 g/mol. The molecule has 1 aromatic carbocycles. The van der Waals surface area contributed by atoms with Crippen molar-refractivity contribution < 1.29 is 29.0 Å². The van der Waals surface area contributed by atoms with Crippen molar-refractivity contribution in [2.45, 2.75) is 58.8 Å². The number of hydrogen-bond donors (Lipinski definition) is 1. The van der Waals surface area contributed by atoms with E-state index in [4.69, 9.17) is 9.47 Å². The third-order valence-electron chi connectivity index (χ3n) is 7.98. The largest absolute Gasteiger partial charge is 0.457 e. The van der Waals surface area contributed by atoms with Gasteiger partial charge in [0.2, 0.25) is 5.91 Å². The Morgan fingerprint density at radius 3 is 2.45 bits per heavy atom. The lowest BCUT2D eigenvalue weighted by Crippen LogP contribution is -2.45. The van der Waals surface area contributed by atoms with Crippen LogP contribution in [0, 0.1) is 12.3 Å². The minimum atomic E-state index is -0.677. The van der Waals surface area contributed by atoms with E-state index in [0.717, 1.165) is 49.0 Å². The first-order chi connectivity index (χ1) is 15.7. The zero-order valence-electron chi connectivity index (χ0n) is 19.3. The summed E-state index contributed by atoms with van der Waals surface area (Å²) in [5.74, 6) is -0.547. The molecule has 5 rings (SSSR count). The summed E-state index contributed by atoms with van der Waals surface area (Å²) in [6.07, 6.45) is 1.55. The average molecular weight is 455 g/mol. The molecule has 2 atom stereocenters. The monoisotopic (exact) mass is 454 g/mol. The summed E-state index contributed by atoms with van der Waals surface area (Å²) < 4.78 is 10.3. The first-order valence-corrected chi connectivity index (χ1v) is 11.6. The number of rotatable bonds is 4. The lowest BCUT2D eigenvalue weighted by Gasteiger charge is -2.38. The predicted octanol–water partition coefficient (Wildman–Crippen LogP) is 2.23. The number of carbonyl (C=O) groups is 3. The molecule has 8 heteroatoms. The smallest absolute Gasteiger partial charge is 0.338 e. The van der Waals surface area contributed by atoms with Crippen LogP contribution in [0.3, 0.4) is 0 Å². The highest BCUT2D eigenvalue weighted by Crippen LogP contribution is 2.47. The van der Waals surface area contributed by atoms with Gasteiger partial charge in [-0.15, -0.1) is 0 Å². The molecule has 0 bridgehead atoms. The summed E-state index contributed by atoms with van der Waals surface area (Å²) in [7, 11) is 0. The van der Waals surface area contributed by atoms with Gasteiger partial charge < -0.3 is 24.4 Å². The summed E-state index contributed by atoms with van der Waals surface area (Å²) in [6.45, 7) is 8.04. The van der Waals surface area contributed by atoms with Gasteiger partial charge in [0, 0.05) is 18.2 Å². The molecule has 0 unspecified atom stereocenters. The fourth-order valence-corrected chi connectivity index (χ4v) is 5.96. The fourth-order valence-electron chi connectivity index (χ4n) is 5.96. The molecule has 8 nitrogen and oxygen atoms in total. The van der Waals surface area contributed by atoms with Gasteiger partial charge in [-0.25, -0.2) is 9.59 Å². The second-order valence-corrected chi connectivity index (χ2v) is 9.85. The Bertz CT molecular complexity index is 1070. The van der Waals surface area contributed by atoms with Crippen molar-refractivity contribution in [3.05, 3.63) is 45.7 Å².